The average molecular weight is 187 g/mol. The third-order valence-electron chi connectivity index (χ3n) is 0.640. The van der Waals surface area contributed by atoms with Crippen LogP contribution in [0.3, 0.4) is 0 Å². The van der Waals surface area contributed by atoms with Gasteiger partial charge in [0.15, 0.2) is 5.08 Å². The lowest BCUT2D eigenvalue weighted by atomic mass is 10.1. The van der Waals surface area contributed by atoms with Gasteiger partial charge in [-0.2, -0.15) is 0 Å². The highest BCUT2D eigenvalue weighted by atomic mass is 79.9. The van der Waals surface area contributed by atoms with E-state index in [2.05, 4.69) is 15.9 Å². The van der Waals surface area contributed by atoms with E-state index in [9.17, 15) is 8.78 Å². The molecule has 0 aromatic heterocycles. The van der Waals surface area contributed by atoms with Crippen LogP contribution in [0.4, 0.5) is 8.78 Å². The topological polar surface area (TPSA) is 0 Å². The van der Waals surface area contributed by atoms with E-state index in [1.807, 2.05) is 0 Å². The van der Waals surface area contributed by atoms with Gasteiger partial charge in [-0.05, 0) is 13.8 Å². The zero-order valence-corrected chi connectivity index (χ0v) is 6.50. The summed E-state index contributed by atoms with van der Waals surface area (Å²) in [4.78, 5) is 0. The van der Waals surface area contributed by atoms with Crippen LogP contribution in [-0.2, 0) is 0 Å². The normalized spacial score (nSPS) is 16.1. The predicted octanol–water partition coefficient (Wildman–Crippen LogP) is 2.82. The van der Waals surface area contributed by atoms with Crippen LogP contribution in [0.25, 0.3) is 0 Å². The number of hydrogen-bond donors (Lipinski definition) is 0. The molecule has 0 aromatic carbocycles. The van der Waals surface area contributed by atoms with Gasteiger partial charge in [0.1, 0.15) is 5.67 Å². The first-order valence-corrected chi connectivity index (χ1v) is 3.30. The smallest absolute Gasteiger partial charge is 0.157 e. The van der Waals surface area contributed by atoms with Crippen LogP contribution in [0.1, 0.15) is 20.3 Å². The van der Waals surface area contributed by atoms with Crippen molar-refractivity contribution in [3.05, 3.63) is 0 Å². The minimum atomic E-state index is -1.40. The molecule has 0 aliphatic carbocycles. The fourth-order valence-corrected chi connectivity index (χ4v) is 1.14. The Morgan fingerprint density at radius 1 is 1.62 bits per heavy atom. The van der Waals surface area contributed by atoms with Crippen LogP contribution in [0, 0.1) is 0 Å². The molecule has 0 aliphatic heterocycles. The molecule has 0 radical (unpaired) electrons. The summed E-state index contributed by atoms with van der Waals surface area (Å²) < 4.78 is 24.2. The molecule has 0 bridgehead atoms. The van der Waals surface area contributed by atoms with Gasteiger partial charge in [-0.3, -0.25) is 0 Å². The second kappa shape index (κ2) is 2.76. The second-order valence-corrected chi connectivity index (χ2v) is 3.31. The fraction of sp³-hybridized carbons (Fsp3) is 1.00. The third kappa shape index (κ3) is 6.34. The van der Waals surface area contributed by atoms with E-state index in [0.29, 0.717) is 0 Å². The first kappa shape index (κ1) is 8.34. The highest BCUT2D eigenvalue weighted by Crippen LogP contribution is 2.20. The van der Waals surface area contributed by atoms with E-state index in [4.69, 9.17) is 0 Å². The molecule has 0 spiro atoms. The van der Waals surface area contributed by atoms with Crippen LogP contribution >= 0.6 is 15.9 Å². The van der Waals surface area contributed by atoms with Gasteiger partial charge in [0.2, 0.25) is 0 Å². The monoisotopic (exact) mass is 186 g/mol. The summed E-state index contributed by atoms with van der Waals surface area (Å²) in [6.07, 6.45) is -0.0903. The lowest BCUT2D eigenvalue weighted by Crippen LogP contribution is -2.15. The van der Waals surface area contributed by atoms with Crippen LogP contribution in [0.15, 0.2) is 0 Å². The van der Waals surface area contributed by atoms with Crippen molar-refractivity contribution in [1.82, 2.24) is 0 Å². The Balaban J connectivity index is 3.39. The molecule has 0 aromatic rings. The summed E-state index contributed by atoms with van der Waals surface area (Å²) >= 11 is 2.60. The van der Waals surface area contributed by atoms with Crippen molar-refractivity contribution in [2.75, 3.05) is 0 Å². The Bertz CT molecular complexity index is 65.3. The van der Waals surface area contributed by atoms with Crippen molar-refractivity contribution < 1.29 is 8.78 Å². The Morgan fingerprint density at radius 3 is 2.00 bits per heavy atom. The van der Waals surface area contributed by atoms with Crippen molar-refractivity contribution in [3.8, 4) is 0 Å². The maximum absolute atomic E-state index is 12.4. The van der Waals surface area contributed by atoms with E-state index in [0.717, 1.165) is 0 Å². The van der Waals surface area contributed by atoms with Gasteiger partial charge in [0, 0.05) is 6.42 Å². The van der Waals surface area contributed by atoms with Crippen molar-refractivity contribution in [2.45, 2.75) is 31.0 Å². The number of halogens is 3. The third-order valence-corrected chi connectivity index (χ3v) is 0.963. The highest BCUT2D eigenvalue weighted by molar-refractivity contribution is 9.09. The van der Waals surface area contributed by atoms with Gasteiger partial charge >= 0.3 is 0 Å². The summed E-state index contributed by atoms with van der Waals surface area (Å²) in [5.74, 6) is 0. The maximum Gasteiger partial charge on any atom is 0.157 e. The van der Waals surface area contributed by atoms with Gasteiger partial charge in [0.05, 0.1) is 0 Å². The minimum Gasteiger partial charge on any atom is -0.244 e. The van der Waals surface area contributed by atoms with Crippen LogP contribution in [0.2, 0.25) is 0 Å². The molecule has 0 saturated carbocycles. The first-order valence-electron chi connectivity index (χ1n) is 2.39. The van der Waals surface area contributed by atoms with E-state index in [1.54, 1.807) is 0 Å². The van der Waals surface area contributed by atoms with Crippen molar-refractivity contribution in [3.63, 3.8) is 0 Å². The van der Waals surface area contributed by atoms with Gasteiger partial charge in [0.25, 0.3) is 0 Å². The van der Waals surface area contributed by atoms with Gasteiger partial charge < -0.3 is 0 Å². The fourth-order valence-electron chi connectivity index (χ4n) is 0.367. The lowest BCUT2D eigenvalue weighted by molar-refractivity contribution is 0.176. The Morgan fingerprint density at radius 2 is 2.00 bits per heavy atom. The number of rotatable bonds is 2. The average Bonchev–Trinajstić information content (AvgIpc) is 1.21. The standard InChI is InChI=1S/C5H9BrF2/c1-5(2,8)3-4(6)7/h4H,3H2,1-2H3. The Kier molecular flexibility index (Phi) is 2.88. The molecular weight excluding hydrogens is 178 g/mol. The van der Waals surface area contributed by atoms with Crippen molar-refractivity contribution in [2.24, 2.45) is 0 Å². The Hall–Kier alpha value is 0.340. The minimum absolute atomic E-state index is 0.0903. The lowest BCUT2D eigenvalue weighted by Gasteiger charge is -2.12. The second-order valence-electron chi connectivity index (χ2n) is 2.31. The number of hydrogen-bond acceptors (Lipinski definition) is 0. The molecule has 0 rings (SSSR count). The zero-order valence-electron chi connectivity index (χ0n) is 4.92. The van der Waals surface area contributed by atoms with E-state index in [1.165, 1.54) is 13.8 Å². The summed E-state index contributed by atoms with van der Waals surface area (Å²) in [5.41, 5.74) is -1.40. The molecule has 0 amide bonds. The van der Waals surface area contributed by atoms with Crippen molar-refractivity contribution >= 4 is 15.9 Å². The summed E-state index contributed by atoms with van der Waals surface area (Å²) in [5, 5.41) is -1.22. The summed E-state index contributed by atoms with van der Waals surface area (Å²) in [6, 6.07) is 0. The molecule has 1 atom stereocenters. The van der Waals surface area contributed by atoms with Crippen LogP contribution in [-0.4, -0.2) is 10.7 Å². The van der Waals surface area contributed by atoms with E-state index < -0.39 is 10.7 Å². The zero-order chi connectivity index (χ0) is 6.78. The van der Waals surface area contributed by atoms with Crippen LogP contribution < -0.4 is 0 Å². The molecule has 0 nitrogen and oxygen atoms in total. The molecule has 0 N–H and O–H groups in total. The maximum atomic E-state index is 12.4. The molecule has 8 heavy (non-hydrogen) atoms. The molecule has 0 fully saturated rings. The molecular formula is C5H9BrF2. The van der Waals surface area contributed by atoms with E-state index in [-0.39, 0.29) is 6.42 Å². The first-order chi connectivity index (χ1) is 3.42. The van der Waals surface area contributed by atoms with Gasteiger partial charge in [-0.25, -0.2) is 8.78 Å². The molecule has 0 heterocycles. The Labute approximate surface area is 56.4 Å². The van der Waals surface area contributed by atoms with Crippen molar-refractivity contribution in [1.29, 1.82) is 0 Å². The SMILES string of the molecule is CC(C)(F)CC(F)Br. The molecule has 50 valence electrons. The van der Waals surface area contributed by atoms with Crippen LogP contribution in [0.5, 0.6) is 0 Å². The predicted molar refractivity (Wildman–Crippen MR) is 33.6 cm³/mol. The molecule has 3 heteroatoms. The summed E-state index contributed by atoms with van der Waals surface area (Å²) in [6.45, 7) is 2.70. The quantitative estimate of drug-likeness (QED) is 0.583. The van der Waals surface area contributed by atoms with Gasteiger partial charge in [-0.1, -0.05) is 15.9 Å². The summed E-state index contributed by atoms with van der Waals surface area (Å²) in [7, 11) is 0. The molecule has 0 saturated heterocycles. The van der Waals surface area contributed by atoms with Gasteiger partial charge in [-0.15, -0.1) is 0 Å². The largest absolute Gasteiger partial charge is 0.244 e. The number of alkyl halides is 3. The molecule has 1 unspecified atom stereocenters. The molecule has 0 aliphatic rings. The highest BCUT2D eigenvalue weighted by Gasteiger charge is 2.19. The van der Waals surface area contributed by atoms with E-state index >= 15 is 0 Å².